The minimum absolute atomic E-state index is 0. The van der Waals surface area contributed by atoms with Crippen LogP contribution < -0.4 is 15.8 Å². The number of carbonyl (C=O) groups excluding carboxylic acids is 2. The number of halogens is 1. The molecular formula is C13H19ClN2O4. The van der Waals surface area contributed by atoms with E-state index in [1.807, 2.05) is 30.3 Å². The molecule has 0 bridgehead atoms. The van der Waals surface area contributed by atoms with Gasteiger partial charge in [0.1, 0.15) is 12.3 Å². The molecule has 0 spiro atoms. The van der Waals surface area contributed by atoms with Crippen LogP contribution in [0.3, 0.4) is 0 Å². The lowest BCUT2D eigenvalue weighted by molar-refractivity contribution is -0.141. The number of rotatable bonds is 7. The Balaban J connectivity index is 0.00000361. The van der Waals surface area contributed by atoms with Crippen LogP contribution in [0.2, 0.25) is 0 Å². The Bertz CT molecular complexity index is 414. The van der Waals surface area contributed by atoms with Gasteiger partial charge in [-0.15, -0.1) is 12.4 Å². The number of hydrogen-bond donors (Lipinski definition) is 2. The van der Waals surface area contributed by atoms with E-state index in [0.717, 1.165) is 5.75 Å². The van der Waals surface area contributed by atoms with Crippen molar-refractivity contribution in [2.75, 3.05) is 20.3 Å². The summed E-state index contributed by atoms with van der Waals surface area (Å²) in [7, 11) is 1.25. The van der Waals surface area contributed by atoms with Crippen LogP contribution in [0.25, 0.3) is 0 Å². The summed E-state index contributed by atoms with van der Waals surface area (Å²) in [5.41, 5.74) is 5.66. The maximum atomic E-state index is 11.5. The van der Waals surface area contributed by atoms with Crippen molar-refractivity contribution >= 4 is 24.3 Å². The second-order valence-electron chi connectivity index (χ2n) is 3.85. The molecule has 0 saturated carbocycles. The van der Waals surface area contributed by atoms with Crippen molar-refractivity contribution in [3.63, 3.8) is 0 Å². The van der Waals surface area contributed by atoms with Crippen LogP contribution in [0.5, 0.6) is 5.75 Å². The molecule has 0 fully saturated rings. The van der Waals surface area contributed by atoms with Crippen LogP contribution in [-0.4, -0.2) is 38.2 Å². The lowest BCUT2D eigenvalue weighted by Gasteiger charge is -2.12. The number of hydrogen-bond acceptors (Lipinski definition) is 5. The van der Waals surface area contributed by atoms with Gasteiger partial charge >= 0.3 is 5.97 Å². The van der Waals surface area contributed by atoms with Gasteiger partial charge in [0.2, 0.25) is 5.91 Å². The van der Waals surface area contributed by atoms with Gasteiger partial charge in [-0.05, 0) is 12.1 Å². The van der Waals surface area contributed by atoms with Gasteiger partial charge in [-0.2, -0.15) is 0 Å². The van der Waals surface area contributed by atoms with Gasteiger partial charge in [-0.1, -0.05) is 18.2 Å². The summed E-state index contributed by atoms with van der Waals surface area (Å²) in [4.78, 5) is 22.3. The zero-order chi connectivity index (χ0) is 14.1. The molecule has 20 heavy (non-hydrogen) atoms. The molecule has 0 aliphatic rings. The average molecular weight is 303 g/mol. The van der Waals surface area contributed by atoms with E-state index in [-0.39, 0.29) is 19.0 Å². The molecule has 6 nitrogen and oxygen atoms in total. The molecule has 0 radical (unpaired) electrons. The molecule has 3 N–H and O–H groups in total. The van der Waals surface area contributed by atoms with Gasteiger partial charge < -0.3 is 20.5 Å². The topological polar surface area (TPSA) is 90.7 Å². The monoisotopic (exact) mass is 302 g/mol. The first-order chi connectivity index (χ1) is 9.13. The minimum Gasteiger partial charge on any atom is -0.494 e. The second kappa shape index (κ2) is 10.1. The predicted octanol–water partition coefficient (Wildman–Crippen LogP) is 0.494. The van der Waals surface area contributed by atoms with E-state index in [1.54, 1.807) is 0 Å². The summed E-state index contributed by atoms with van der Waals surface area (Å²) in [5.74, 6) is -0.187. The number of carbonyl (C=O) groups is 2. The Morgan fingerprint density at radius 2 is 1.95 bits per heavy atom. The fourth-order valence-electron chi connectivity index (χ4n) is 1.31. The molecule has 0 heterocycles. The molecule has 1 unspecified atom stereocenters. The zero-order valence-electron chi connectivity index (χ0n) is 11.2. The SMILES string of the molecule is COC(=O)CNC(=O)C(N)CCOc1ccccc1.Cl. The lowest BCUT2D eigenvalue weighted by Crippen LogP contribution is -2.43. The standard InChI is InChI=1S/C13H18N2O4.ClH/c1-18-12(16)9-15-13(17)11(14)7-8-19-10-5-3-2-4-6-10;/h2-6,11H,7-9,14H2,1H3,(H,15,17);1H. The molecule has 7 heteroatoms. The number of benzene rings is 1. The average Bonchev–Trinajstić information content (AvgIpc) is 2.45. The Morgan fingerprint density at radius 1 is 1.30 bits per heavy atom. The van der Waals surface area contributed by atoms with Crippen molar-refractivity contribution in [2.24, 2.45) is 5.73 Å². The molecule has 1 aromatic rings. The van der Waals surface area contributed by atoms with E-state index < -0.39 is 17.9 Å². The van der Waals surface area contributed by atoms with Gasteiger partial charge in [0, 0.05) is 6.42 Å². The van der Waals surface area contributed by atoms with E-state index in [4.69, 9.17) is 10.5 Å². The number of esters is 1. The summed E-state index contributed by atoms with van der Waals surface area (Å²) < 4.78 is 9.82. The Kier molecular flexibility index (Phi) is 9.15. The highest BCUT2D eigenvalue weighted by Crippen LogP contribution is 2.08. The molecular weight excluding hydrogens is 284 g/mol. The number of amides is 1. The molecule has 1 rings (SSSR count). The van der Waals surface area contributed by atoms with Gasteiger partial charge in [0.05, 0.1) is 19.8 Å². The normalized spacial score (nSPS) is 10.9. The van der Waals surface area contributed by atoms with E-state index in [9.17, 15) is 9.59 Å². The van der Waals surface area contributed by atoms with Crippen LogP contribution in [0.15, 0.2) is 30.3 Å². The summed E-state index contributed by atoms with van der Waals surface area (Å²) in [6.07, 6.45) is 0.363. The number of nitrogens with two attached hydrogens (primary N) is 1. The lowest BCUT2D eigenvalue weighted by atomic mass is 10.2. The van der Waals surface area contributed by atoms with Gasteiger partial charge in [0.15, 0.2) is 0 Å². The van der Waals surface area contributed by atoms with Crippen molar-refractivity contribution in [3.05, 3.63) is 30.3 Å². The third kappa shape index (κ3) is 6.96. The molecule has 0 aliphatic carbocycles. The van der Waals surface area contributed by atoms with Crippen LogP contribution in [0.1, 0.15) is 6.42 Å². The van der Waals surface area contributed by atoms with Gasteiger partial charge in [0.25, 0.3) is 0 Å². The Hall–Kier alpha value is -1.79. The number of methoxy groups -OCH3 is 1. The zero-order valence-corrected chi connectivity index (χ0v) is 12.0. The van der Waals surface area contributed by atoms with E-state index >= 15 is 0 Å². The highest BCUT2D eigenvalue weighted by atomic mass is 35.5. The first kappa shape index (κ1) is 18.2. The van der Waals surface area contributed by atoms with Crippen molar-refractivity contribution in [3.8, 4) is 5.75 Å². The second-order valence-corrected chi connectivity index (χ2v) is 3.85. The van der Waals surface area contributed by atoms with Crippen LogP contribution in [0.4, 0.5) is 0 Å². The maximum Gasteiger partial charge on any atom is 0.325 e. The fraction of sp³-hybridized carbons (Fsp3) is 0.385. The molecule has 112 valence electrons. The quantitative estimate of drug-likeness (QED) is 0.716. The number of ether oxygens (including phenoxy) is 2. The van der Waals surface area contributed by atoms with Crippen molar-refractivity contribution < 1.29 is 19.1 Å². The maximum absolute atomic E-state index is 11.5. The third-order valence-corrected chi connectivity index (χ3v) is 2.41. The van der Waals surface area contributed by atoms with Crippen LogP contribution >= 0.6 is 12.4 Å². The van der Waals surface area contributed by atoms with Gasteiger partial charge in [-0.25, -0.2) is 0 Å². The highest BCUT2D eigenvalue weighted by molar-refractivity contribution is 5.85. The van der Waals surface area contributed by atoms with E-state index in [2.05, 4.69) is 10.1 Å². The molecule has 0 aliphatic heterocycles. The number of para-hydroxylation sites is 1. The summed E-state index contributed by atoms with van der Waals surface area (Å²) in [6, 6.07) is 8.54. The number of nitrogens with one attached hydrogen (secondary N) is 1. The summed E-state index contributed by atoms with van der Waals surface area (Å²) in [6.45, 7) is 0.152. The molecule has 0 saturated heterocycles. The first-order valence-corrected chi connectivity index (χ1v) is 5.91. The van der Waals surface area contributed by atoms with E-state index in [0.29, 0.717) is 13.0 Å². The molecule has 1 atom stereocenters. The smallest absolute Gasteiger partial charge is 0.325 e. The van der Waals surface area contributed by atoms with Crippen LogP contribution in [-0.2, 0) is 14.3 Å². The molecule has 1 aromatic carbocycles. The van der Waals surface area contributed by atoms with E-state index in [1.165, 1.54) is 7.11 Å². The van der Waals surface area contributed by atoms with Crippen molar-refractivity contribution in [1.82, 2.24) is 5.32 Å². The molecule has 1 amide bonds. The van der Waals surface area contributed by atoms with Crippen LogP contribution in [0, 0.1) is 0 Å². The minimum atomic E-state index is -0.714. The highest BCUT2D eigenvalue weighted by Gasteiger charge is 2.14. The summed E-state index contributed by atoms with van der Waals surface area (Å²) >= 11 is 0. The summed E-state index contributed by atoms with van der Waals surface area (Å²) in [5, 5.41) is 2.39. The van der Waals surface area contributed by atoms with Gasteiger partial charge in [-0.3, -0.25) is 9.59 Å². The van der Waals surface area contributed by atoms with Crippen molar-refractivity contribution in [2.45, 2.75) is 12.5 Å². The fourth-order valence-corrected chi connectivity index (χ4v) is 1.31. The first-order valence-electron chi connectivity index (χ1n) is 5.91. The predicted molar refractivity (Wildman–Crippen MR) is 76.8 cm³/mol. The molecule has 0 aromatic heterocycles. The Labute approximate surface area is 124 Å². The van der Waals surface area contributed by atoms with Crippen molar-refractivity contribution in [1.29, 1.82) is 0 Å². The largest absolute Gasteiger partial charge is 0.494 e. The Morgan fingerprint density at radius 3 is 2.55 bits per heavy atom. The third-order valence-electron chi connectivity index (χ3n) is 2.41.